The molecule has 1 heterocycles. The maximum Gasteiger partial charge on any atom is 0.324 e. The zero-order chi connectivity index (χ0) is 12.3. The number of thioether (sulfide) groups is 1. The standard InChI is InChI=1S/C11H16N2O2S/c1-7-4-8(2)13-9(5-7)16-6-11(3,12)10(14)15/h4-5H,6,12H2,1-3H3,(H,14,15). The van der Waals surface area contributed by atoms with E-state index < -0.39 is 11.5 Å². The highest BCUT2D eigenvalue weighted by atomic mass is 32.2. The van der Waals surface area contributed by atoms with Gasteiger partial charge in [-0.15, -0.1) is 11.8 Å². The van der Waals surface area contributed by atoms with Gasteiger partial charge in [0, 0.05) is 11.4 Å². The van der Waals surface area contributed by atoms with E-state index >= 15 is 0 Å². The number of carboxylic acid groups (broad SMARTS) is 1. The zero-order valence-electron chi connectivity index (χ0n) is 9.65. The van der Waals surface area contributed by atoms with Crippen LogP contribution in [0.1, 0.15) is 18.2 Å². The first-order valence-electron chi connectivity index (χ1n) is 4.91. The van der Waals surface area contributed by atoms with Crippen LogP contribution in [0.2, 0.25) is 0 Å². The molecule has 16 heavy (non-hydrogen) atoms. The van der Waals surface area contributed by atoms with Crippen LogP contribution in [-0.2, 0) is 4.79 Å². The molecule has 3 N–H and O–H groups in total. The Morgan fingerprint density at radius 2 is 2.19 bits per heavy atom. The fraction of sp³-hybridized carbons (Fsp3) is 0.455. The number of hydrogen-bond acceptors (Lipinski definition) is 4. The van der Waals surface area contributed by atoms with Crippen LogP contribution in [0.4, 0.5) is 0 Å². The van der Waals surface area contributed by atoms with Crippen molar-refractivity contribution in [2.75, 3.05) is 5.75 Å². The number of carboxylic acids is 1. The largest absolute Gasteiger partial charge is 0.480 e. The number of aryl methyl sites for hydroxylation is 2. The van der Waals surface area contributed by atoms with Crippen molar-refractivity contribution in [3.63, 3.8) is 0 Å². The summed E-state index contributed by atoms with van der Waals surface area (Å²) < 4.78 is 0. The predicted octanol–water partition coefficient (Wildman–Crippen LogP) is 1.59. The molecule has 1 unspecified atom stereocenters. The minimum Gasteiger partial charge on any atom is -0.480 e. The summed E-state index contributed by atoms with van der Waals surface area (Å²) in [6, 6.07) is 3.90. The van der Waals surface area contributed by atoms with Gasteiger partial charge in [-0.3, -0.25) is 4.79 Å². The van der Waals surface area contributed by atoms with Gasteiger partial charge in [0.25, 0.3) is 0 Å². The molecule has 0 aromatic carbocycles. The lowest BCUT2D eigenvalue weighted by atomic mass is 10.1. The lowest BCUT2D eigenvalue weighted by Crippen LogP contribution is -2.47. The Morgan fingerprint density at radius 3 is 2.69 bits per heavy atom. The summed E-state index contributed by atoms with van der Waals surface area (Å²) in [5.41, 5.74) is 6.46. The number of pyridine rings is 1. The van der Waals surface area contributed by atoms with E-state index in [0.29, 0.717) is 5.75 Å². The summed E-state index contributed by atoms with van der Waals surface area (Å²) in [6.07, 6.45) is 0. The van der Waals surface area contributed by atoms with Gasteiger partial charge in [-0.1, -0.05) is 0 Å². The lowest BCUT2D eigenvalue weighted by molar-refractivity contribution is -0.141. The van der Waals surface area contributed by atoms with Gasteiger partial charge < -0.3 is 10.8 Å². The van der Waals surface area contributed by atoms with Crippen LogP contribution in [0.25, 0.3) is 0 Å². The molecule has 1 atom stereocenters. The van der Waals surface area contributed by atoms with Crippen LogP contribution in [0, 0.1) is 13.8 Å². The Labute approximate surface area is 99.3 Å². The van der Waals surface area contributed by atoms with E-state index in [1.54, 1.807) is 0 Å². The molecule has 4 nitrogen and oxygen atoms in total. The van der Waals surface area contributed by atoms with Gasteiger partial charge in [-0.2, -0.15) is 0 Å². The Kier molecular flexibility index (Phi) is 3.93. The minimum absolute atomic E-state index is 0.304. The molecule has 0 aliphatic carbocycles. The first-order chi connectivity index (χ1) is 7.31. The van der Waals surface area contributed by atoms with E-state index in [-0.39, 0.29) is 0 Å². The van der Waals surface area contributed by atoms with Gasteiger partial charge in [0.15, 0.2) is 0 Å². The topological polar surface area (TPSA) is 76.2 Å². The van der Waals surface area contributed by atoms with Crippen molar-refractivity contribution in [3.8, 4) is 0 Å². The third kappa shape index (κ3) is 3.50. The second-order valence-electron chi connectivity index (χ2n) is 4.14. The average Bonchev–Trinajstić information content (AvgIpc) is 2.13. The van der Waals surface area contributed by atoms with Gasteiger partial charge in [-0.05, 0) is 38.5 Å². The summed E-state index contributed by atoms with van der Waals surface area (Å²) >= 11 is 1.37. The molecule has 1 rings (SSSR count). The average molecular weight is 240 g/mol. The molecule has 1 aromatic heterocycles. The normalized spacial score (nSPS) is 14.5. The van der Waals surface area contributed by atoms with E-state index in [1.807, 2.05) is 26.0 Å². The number of nitrogens with two attached hydrogens (primary N) is 1. The number of nitrogens with zero attached hydrogens (tertiary/aromatic N) is 1. The fourth-order valence-corrected chi connectivity index (χ4v) is 2.21. The Bertz CT molecular complexity index is 385. The molecule has 0 spiro atoms. The lowest BCUT2D eigenvalue weighted by Gasteiger charge is -2.18. The summed E-state index contributed by atoms with van der Waals surface area (Å²) in [4.78, 5) is 15.1. The van der Waals surface area contributed by atoms with E-state index in [0.717, 1.165) is 16.3 Å². The summed E-state index contributed by atoms with van der Waals surface area (Å²) in [7, 11) is 0. The number of aromatic nitrogens is 1. The molecule has 0 aliphatic rings. The van der Waals surface area contributed by atoms with E-state index in [2.05, 4.69) is 4.98 Å². The second-order valence-corrected chi connectivity index (χ2v) is 5.13. The number of rotatable bonds is 4. The number of hydrogen-bond donors (Lipinski definition) is 2. The molecule has 1 aromatic rings. The Morgan fingerprint density at radius 1 is 1.56 bits per heavy atom. The highest BCUT2D eigenvalue weighted by Crippen LogP contribution is 2.21. The summed E-state index contributed by atoms with van der Waals surface area (Å²) in [5.74, 6) is -0.692. The van der Waals surface area contributed by atoms with Gasteiger partial charge >= 0.3 is 5.97 Å². The van der Waals surface area contributed by atoms with Crippen molar-refractivity contribution in [2.24, 2.45) is 5.73 Å². The monoisotopic (exact) mass is 240 g/mol. The predicted molar refractivity (Wildman–Crippen MR) is 64.7 cm³/mol. The molecular formula is C11H16N2O2S. The van der Waals surface area contributed by atoms with Gasteiger partial charge in [0.05, 0.1) is 5.03 Å². The SMILES string of the molecule is Cc1cc(C)nc(SCC(C)(N)C(=O)O)c1. The third-order valence-corrected chi connectivity index (χ3v) is 3.33. The van der Waals surface area contributed by atoms with Crippen LogP contribution in [-0.4, -0.2) is 27.4 Å². The molecule has 0 bridgehead atoms. The zero-order valence-corrected chi connectivity index (χ0v) is 10.5. The maximum atomic E-state index is 10.8. The van der Waals surface area contributed by atoms with Crippen molar-refractivity contribution in [2.45, 2.75) is 31.3 Å². The molecule has 0 saturated heterocycles. The first kappa shape index (κ1) is 13.0. The van der Waals surface area contributed by atoms with Crippen molar-refractivity contribution in [1.82, 2.24) is 4.98 Å². The third-order valence-electron chi connectivity index (χ3n) is 2.08. The van der Waals surface area contributed by atoms with Crippen LogP contribution < -0.4 is 5.73 Å². The number of carbonyl (C=O) groups is 1. The summed E-state index contributed by atoms with van der Waals surface area (Å²) in [6.45, 7) is 5.40. The summed E-state index contributed by atoms with van der Waals surface area (Å²) in [5, 5.41) is 9.68. The molecule has 5 heteroatoms. The van der Waals surface area contributed by atoms with E-state index in [1.165, 1.54) is 18.7 Å². The van der Waals surface area contributed by atoms with Gasteiger partial charge in [-0.25, -0.2) is 4.98 Å². The second kappa shape index (κ2) is 4.84. The molecule has 0 fully saturated rings. The molecule has 0 amide bonds. The molecule has 88 valence electrons. The number of aliphatic carboxylic acids is 1. The van der Waals surface area contributed by atoms with Crippen molar-refractivity contribution in [1.29, 1.82) is 0 Å². The smallest absolute Gasteiger partial charge is 0.324 e. The van der Waals surface area contributed by atoms with Crippen LogP contribution in [0.5, 0.6) is 0 Å². The molecule has 0 saturated carbocycles. The van der Waals surface area contributed by atoms with Crippen molar-refractivity contribution < 1.29 is 9.90 Å². The fourth-order valence-electron chi connectivity index (χ4n) is 1.16. The first-order valence-corrected chi connectivity index (χ1v) is 5.90. The van der Waals surface area contributed by atoms with E-state index in [4.69, 9.17) is 10.8 Å². The maximum absolute atomic E-state index is 10.8. The Balaban J connectivity index is 2.71. The van der Waals surface area contributed by atoms with Crippen molar-refractivity contribution >= 4 is 17.7 Å². The van der Waals surface area contributed by atoms with E-state index in [9.17, 15) is 4.79 Å². The van der Waals surface area contributed by atoms with Gasteiger partial charge in [0.2, 0.25) is 0 Å². The van der Waals surface area contributed by atoms with Crippen molar-refractivity contribution in [3.05, 3.63) is 23.4 Å². The van der Waals surface area contributed by atoms with Crippen LogP contribution >= 0.6 is 11.8 Å². The van der Waals surface area contributed by atoms with Crippen LogP contribution in [0.3, 0.4) is 0 Å². The minimum atomic E-state index is -1.22. The molecular weight excluding hydrogens is 224 g/mol. The molecule has 0 aliphatic heterocycles. The Hall–Kier alpha value is -1.07. The highest BCUT2D eigenvalue weighted by Gasteiger charge is 2.28. The van der Waals surface area contributed by atoms with Crippen LogP contribution in [0.15, 0.2) is 17.2 Å². The quantitative estimate of drug-likeness (QED) is 0.782. The van der Waals surface area contributed by atoms with Gasteiger partial charge in [0.1, 0.15) is 5.54 Å². The molecule has 0 radical (unpaired) electrons. The highest BCUT2D eigenvalue weighted by molar-refractivity contribution is 7.99.